The maximum absolute atomic E-state index is 13.3. The van der Waals surface area contributed by atoms with Gasteiger partial charge in [-0.2, -0.15) is 0 Å². The van der Waals surface area contributed by atoms with Crippen LogP contribution in [0.1, 0.15) is 18.9 Å². The molecule has 3 N–H and O–H groups in total. The van der Waals surface area contributed by atoms with Gasteiger partial charge in [0.25, 0.3) is 0 Å². The van der Waals surface area contributed by atoms with Crippen LogP contribution >= 0.6 is 0 Å². The van der Waals surface area contributed by atoms with Gasteiger partial charge in [-0.25, -0.2) is 8.78 Å². The average Bonchev–Trinajstić information content (AvgIpc) is 2.29. The zero-order valence-corrected chi connectivity index (χ0v) is 9.87. The summed E-state index contributed by atoms with van der Waals surface area (Å²) in [5.41, 5.74) is 5.12. The van der Waals surface area contributed by atoms with Crippen LogP contribution in [-0.4, -0.2) is 17.9 Å². The Morgan fingerprint density at radius 1 is 1.39 bits per heavy atom. The summed E-state index contributed by atoms with van der Waals surface area (Å²) >= 11 is 0. The van der Waals surface area contributed by atoms with E-state index < -0.39 is 29.5 Å². The van der Waals surface area contributed by atoms with Crippen molar-refractivity contribution in [2.45, 2.75) is 25.8 Å². The van der Waals surface area contributed by atoms with Crippen molar-refractivity contribution in [3.05, 3.63) is 35.4 Å². The molecule has 1 aromatic rings. The molecule has 98 valence electrons. The standard InChI is InChI=1S/C12H14F2N2O2/c1-2-10(12(15)18)16-11(17)5-7-3-4-8(13)6-9(7)14/h3-4,6,10H,2,5H2,1H3,(H2,15,18)(H,16,17)/t10-/m0/s1. The van der Waals surface area contributed by atoms with Crippen molar-refractivity contribution in [1.82, 2.24) is 5.32 Å². The molecule has 0 saturated carbocycles. The number of carbonyl (C=O) groups excluding carboxylic acids is 2. The van der Waals surface area contributed by atoms with E-state index in [9.17, 15) is 18.4 Å². The van der Waals surface area contributed by atoms with E-state index in [2.05, 4.69) is 5.32 Å². The lowest BCUT2D eigenvalue weighted by Crippen LogP contribution is -2.44. The van der Waals surface area contributed by atoms with Gasteiger partial charge in [-0.1, -0.05) is 13.0 Å². The number of carbonyl (C=O) groups is 2. The second-order valence-corrected chi connectivity index (χ2v) is 3.84. The summed E-state index contributed by atoms with van der Waals surface area (Å²) in [6, 6.07) is 2.18. The highest BCUT2D eigenvalue weighted by atomic mass is 19.1. The van der Waals surface area contributed by atoms with Gasteiger partial charge in [0, 0.05) is 6.07 Å². The average molecular weight is 256 g/mol. The predicted octanol–water partition coefficient (Wildman–Crippen LogP) is 0.887. The smallest absolute Gasteiger partial charge is 0.239 e. The number of nitrogens with one attached hydrogen (secondary N) is 1. The van der Waals surface area contributed by atoms with Gasteiger partial charge in [0.05, 0.1) is 6.42 Å². The Morgan fingerprint density at radius 3 is 2.56 bits per heavy atom. The zero-order valence-electron chi connectivity index (χ0n) is 9.87. The summed E-state index contributed by atoms with van der Waals surface area (Å²) in [6.07, 6.45) is 0.0862. The van der Waals surface area contributed by atoms with Crippen LogP contribution in [0.15, 0.2) is 18.2 Å². The number of amides is 2. The first kappa shape index (κ1) is 14.1. The SMILES string of the molecule is CC[C@H](NC(=O)Cc1ccc(F)cc1F)C(N)=O. The number of nitrogens with two attached hydrogens (primary N) is 1. The molecule has 0 saturated heterocycles. The monoisotopic (exact) mass is 256 g/mol. The molecule has 0 unspecified atom stereocenters. The van der Waals surface area contributed by atoms with Crippen LogP contribution in [-0.2, 0) is 16.0 Å². The Morgan fingerprint density at radius 2 is 2.06 bits per heavy atom. The molecule has 0 aliphatic carbocycles. The molecule has 2 amide bonds. The van der Waals surface area contributed by atoms with Crippen molar-refractivity contribution in [3.8, 4) is 0 Å². The van der Waals surface area contributed by atoms with E-state index in [0.29, 0.717) is 12.5 Å². The van der Waals surface area contributed by atoms with Gasteiger partial charge >= 0.3 is 0 Å². The van der Waals surface area contributed by atoms with E-state index >= 15 is 0 Å². The maximum atomic E-state index is 13.3. The van der Waals surface area contributed by atoms with Crippen LogP contribution in [0.2, 0.25) is 0 Å². The van der Waals surface area contributed by atoms with Crippen LogP contribution in [0.5, 0.6) is 0 Å². The minimum Gasteiger partial charge on any atom is -0.368 e. The van der Waals surface area contributed by atoms with Gasteiger partial charge in [-0.05, 0) is 18.1 Å². The quantitative estimate of drug-likeness (QED) is 0.821. The number of rotatable bonds is 5. The highest BCUT2D eigenvalue weighted by molar-refractivity contribution is 5.87. The van der Waals surface area contributed by atoms with Gasteiger partial charge in [-0.3, -0.25) is 9.59 Å². The molecule has 0 aliphatic heterocycles. The van der Waals surface area contributed by atoms with Crippen molar-refractivity contribution < 1.29 is 18.4 Å². The number of hydrogen-bond donors (Lipinski definition) is 2. The Kier molecular flexibility index (Phi) is 4.76. The fourth-order valence-corrected chi connectivity index (χ4v) is 1.46. The topological polar surface area (TPSA) is 72.2 Å². The Labute approximate surface area is 103 Å². The van der Waals surface area contributed by atoms with Crippen molar-refractivity contribution in [2.24, 2.45) is 5.73 Å². The summed E-state index contributed by atoms with van der Waals surface area (Å²) < 4.78 is 25.9. The van der Waals surface area contributed by atoms with Crippen LogP contribution in [0, 0.1) is 11.6 Å². The summed E-state index contributed by atoms with van der Waals surface area (Å²) in [5.74, 6) is -2.69. The molecule has 1 atom stereocenters. The van der Waals surface area contributed by atoms with Crippen LogP contribution in [0.3, 0.4) is 0 Å². The molecule has 0 radical (unpaired) electrons. The van der Waals surface area contributed by atoms with Crippen molar-refractivity contribution in [2.75, 3.05) is 0 Å². The van der Waals surface area contributed by atoms with E-state index in [0.717, 1.165) is 6.07 Å². The predicted molar refractivity (Wildman–Crippen MR) is 61.5 cm³/mol. The number of benzene rings is 1. The first-order chi connectivity index (χ1) is 8.43. The minimum absolute atomic E-state index is 0.0632. The van der Waals surface area contributed by atoms with E-state index in [1.54, 1.807) is 6.92 Å². The maximum Gasteiger partial charge on any atom is 0.239 e. The Balaban J connectivity index is 2.67. The van der Waals surface area contributed by atoms with Crippen LogP contribution < -0.4 is 11.1 Å². The lowest BCUT2D eigenvalue weighted by molar-refractivity contribution is -0.127. The molecule has 18 heavy (non-hydrogen) atoms. The van der Waals surface area contributed by atoms with Gasteiger partial charge in [0.15, 0.2) is 0 Å². The first-order valence-corrected chi connectivity index (χ1v) is 5.46. The lowest BCUT2D eigenvalue weighted by Gasteiger charge is -2.13. The minimum atomic E-state index is -0.794. The molecular formula is C12H14F2N2O2. The third-order valence-corrected chi connectivity index (χ3v) is 2.45. The van der Waals surface area contributed by atoms with Gasteiger partial charge < -0.3 is 11.1 Å². The largest absolute Gasteiger partial charge is 0.368 e. The Hall–Kier alpha value is -1.98. The number of hydrogen-bond acceptors (Lipinski definition) is 2. The van der Waals surface area contributed by atoms with Gasteiger partial charge in [0.1, 0.15) is 17.7 Å². The van der Waals surface area contributed by atoms with Crippen LogP contribution in [0.25, 0.3) is 0 Å². The molecule has 6 heteroatoms. The highest BCUT2D eigenvalue weighted by Crippen LogP contribution is 2.10. The lowest BCUT2D eigenvalue weighted by atomic mass is 10.1. The van der Waals surface area contributed by atoms with E-state index in [1.807, 2.05) is 0 Å². The molecule has 0 fully saturated rings. The van der Waals surface area contributed by atoms with Gasteiger partial charge in [0.2, 0.25) is 11.8 Å². The van der Waals surface area contributed by atoms with E-state index in [4.69, 9.17) is 5.73 Å². The number of halogens is 2. The first-order valence-electron chi connectivity index (χ1n) is 5.46. The summed E-state index contributed by atoms with van der Waals surface area (Å²) in [4.78, 5) is 22.5. The zero-order chi connectivity index (χ0) is 13.7. The highest BCUT2D eigenvalue weighted by Gasteiger charge is 2.16. The van der Waals surface area contributed by atoms with Crippen molar-refractivity contribution in [1.29, 1.82) is 0 Å². The van der Waals surface area contributed by atoms with Crippen molar-refractivity contribution in [3.63, 3.8) is 0 Å². The summed E-state index contributed by atoms with van der Waals surface area (Å²) in [6.45, 7) is 1.69. The fraction of sp³-hybridized carbons (Fsp3) is 0.333. The molecule has 0 spiro atoms. The fourth-order valence-electron chi connectivity index (χ4n) is 1.46. The molecule has 1 aromatic carbocycles. The normalized spacial score (nSPS) is 11.9. The molecule has 0 aromatic heterocycles. The van der Waals surface area contributed by atoms with Crippen LogP contribution in [0.4, 0.5) is 8.78 Å². The number of primary amides is 1. The second-order valence-electron chi connectivity index (χ2n) is 3.84. The van der Waals surface area contributed by atoms with E-state index in [-0.39, 0.29) is 12.0 Å². The molecule has 0 aliphatic rings. The van der Waals surface area contributed by atoms with Crippen molar-refractivity contribution >= 4 is 11.8 Å². The third kappa shape index (κ3) is 3.80. The molecule has 1 rings (SSSR count). The molecular weight excluding hydrogens is 242 g/mol. The second kappa shape index (κ2) is 6.09. The Bertz CT molecular complexity index is 463. The molecule has 0 heterocycles. The summed E-state index contributed by atoms with van der Waals surface area (Å²) in [5, 5.41) is 2.38. The molecule has 4 nitrogen and oxygen atoms in total. The summed E-state index contributed by atoms with van der Waals surface area (Å²) in [7, 11) is 0. The van der Waals surface area contributed by atoms with Gasteiger partial charge in [-0.15, -0.1) is 0 Å². The molecule has 0 bridgehead atoms. The third-order valence-electron chi connectivity index (χ3n) is 2.45. The van der Waals surface area contributed by atoms with E-state index in [1.165, 1.54) is 6.07 Å².